The number of hydrogen-bond acceptors (Lipinski definition) is 3. The monoisotopic (exact) mass is 341 g/mol. The lowest BCUT2D eigenvalue weighted by Gasteiger charge is -2.34. The lowest BCUT2D eigenvalue weighted by atomic mass is 9.77. The van der Waals surface area contributed by atoms with Crippen molar-refractivity contribution in [1.29, 1.82) is 0 Å². The summed E-state index contributed by atoms with van der Waals surface area (Å²) >= 11 is 5.60. The molecule has 0 radical (unpaired) electrons. The van der Waals surface area contributed by atoms with Crippen molar-refractivity contribution in [2.24, 2.45) is 5.73 Å². The van der Waals surface area contributed by atoms with E-state index in [4.69, 9.17) is 10.5 Å². The molecule has 1 aliphatic heterocycles. The third-order valence-corrected chi connectivity index (χ3v) is 6.29. The normalized spacial score (nSPS) is 23.1. The third-order valence-electron chi connectivity index (χ3n) is 4.15. The first-order valence-corrected chi connectivity index (χ1v) is 8.68. The van der Waals surface area contributed by atoms with Crippen molar-refractivity contribution < 1.29 is 4.74 Å². The van der Waals surface area contributed by atoms with E-state index in [0.717, 1.165) is 26.1 Å². The van der Waals surface area contributed by atoms with Gasteiger partial charge in [0.05, 0.1) is 18.5 Å². The molecule has 0 spiro atoms. The molecule has 0 amide bonds. The first kappa shape index (κ1) is 13.9. The molecule has 0 unspecified atom stereocenters. The van der Waals surface area contributed by atoms with Crippen molar-refractivity contribution >= 4 is 27.7 Å². The van der Waals surface area contributed by atoms with E-state index in [-0.39, 0.29) is 5.54 Å². The second-order valence-electron chi connectivity index (χ2n) is 5.64. The topological polar surface area (TPSA) is 35.2 Å². The van der Waals surface area contributed by atoms with Gasteiger partial charge in [-0.05, 0) is 46.5 Å². The van der Waals surface area contributed by atoms with Crippen LogP contribution in [0, 0.1) is 0 Å². The van der Waals surface area contributed by atoms with Gasteiger partial charge in [-0.3, -0.25) is 0 Å². The van der Waals surface area contributed by atoms with E-state index in [2.05, 4.69) is 34.1 Å². The summed E-state index contributed by atoms with van der Waals surface area (Å²) in [5.41, 5.74) is 7.77. The Morgan fingerprint density at radius 1 is 1.21 bits per heavy atom. The van der Waals surface area contributed by atoms with Gasteiger partial charge < -0.3 is 10.5 Å². The van der Waals surface area contributed by atoms with Crippen molar-refractivity contribution in [1.82, 2.24) is 0 Å². The number of rotatable bonds is 3. The molecular formula is C15H20BrNOS. The van der Waals surface area contributed by atoms with Crippen molar-refractivity contribution in [3.05, 3.63) is 28.2 Å². The van der Waals surface area contributed by atoms with Gasteiger partial charge in [-0.15, -0.1) is 11.8 Å². The zero-order valence-corrected chi connectivity index (χ0v) is 13.4. The predicted octanol–water partition coefficient (Wildman–Crippen LogP) is 4.06. The van der Waals surface area contributed by atoms with E-state index in [1.807, 2.05) is 11.8 Å². The SMILES string of the molecule is NC1(c2ccc(SC3COC3)c(Br)c2)CCCCC1. The van der Waals surface area contributed by atoms with Crippen molar-refractivity contribution in [2.45, 2.75) is 47.8 Å². The van der Waals surface area contributed by atoms with Gasteiger partial charge in [0, 0.05) is 14.9 Å². The fraction of sp³-hybridized carbons (Fsp3) is 0.600. The molecule has 3 rings (SSSR count). The van der Waals surface area contributed by atoms with Crippen LogP contribution in [0.15, 0.2) is 27.6 Å². The zero-order chi connectivity index (χ0) is 13.3. The smallest absolute Gasteiger partial charge is 0.0611 e. The maximum absolute atomic E-state index is 6.59. The molecule has 1 aromatic carbocycles. The molecule has 1 heterocycles. The quantitative estimate of drug-likeness (QED) is 0.900. The molecular weight excluding hydrogens is 322 g/mol. The first-order chi connectivity index (χ1) is 9.17. The number of nitrogens with two attached hydrogens (primary N) is 1. The van der Waals surface area contributed by atoms with Crippen LogP contribution in [-0.4, -0.2) is 18.5 Å². The van der Waals surface area contributed by atoms with Crippen molar-refractivity contribution in [3.63, 3.8) is 0 Å². The Hall–Kier alpha value is -0.0300. The molecule has 2 N–H and O–H groups in total. The van der Waals surface area contributed by atoms with Crippen LogP contribution in [-0.2, 0) is 10.3 Å². The van der Waals surface area contributed by atoms with Gasteiger partial charge in [0.15, 0.2) is 0 Å². The van der Waals surface area contributed by atoms with Gasteiger partial charge in [-0.1, -0.05) is 25.3 Å². The number of hydrogen-bond donors (Lipinski definition) is 1. The van der Waals surface area contributed by atoms with Crippen LogP contribution >= 0.6 is 27.7 Å². The molecule has 104 valence electrons. The maximum atomic E-state index is 6.59. The number of ether oxygens (including phenoxy) is 1. The lowest BCUT2D eigenvalue weighted by Crippen LogP contribution is -2.38. The largest absolute Gasteiger partial charge is 0.379 e. The highest BCUT2D eigenvalue weighted by Crippen LogP contribution is 2.39. The van der Waals surface area contributed by atoms with E-state index >= 15 is 0 Å². The van der Waals surface area contributed by atoms with Crippen LogP contribution < -0.4 is 5.73 Å². The van der Waals surface area contributed by atoms with Gasteiger partial charge >= 0.3 is 0 Å². The van der Waals surface area contributed by atoms with E-state index in [1.165, 1.54) is 34.2 Å². The Bertz CT molecular complexity index is 455. The van der Waals surface area contributed by atoms with Crippen molar-refractivity contribution in [3.8, 4) is 0 Å². The number of halogens is 1. The minimum Gasteiger partial charge on any atom is -0.379 e. The van der Waals surface area contributed by atoms with Crippen LogP contribution in [0.4, 0.5) is 0 Å². The van der Waals surface area contributed by atoms with Gasteiger partial charge in [-0.25, -0.2) is 0 Å². The summed E-state index contributed by atoms with van der Waals surface area (Å²) in [5, 5.41) is 0.615. The average Bonchev–Trinajstić information content (AvgIpc) is 2.36. The van der Waals surface area contributed by atoms with Crippen molar-refractivity contribution in [2.75, 3.05) is 13.2 Å². The summed E-state index contributed by atoms with van der Waals surface area (Å²) in [7, 11) is 0. The Balaban J connectivity index is 1.77. The fourth-order valence-electron chi connectivity index (χ4n) is 2.84. The van der Waals surface area contributed by atoms with Gasteiger partial charge in [0.25, 0.3) is 0 Å². The molecule has 0 aromatic heterocycles. The Labute approximate surface area is 127 Å². The van der Waals surface area contributed by atoms with Crippen LogP contribution in [0.3, 0.4) is 0 Å². The van der Waals surface area contributed by atoms with Crippen LogP contribution in [0.25, 0.3) is 0 Å². The van der Waals surface area contributed by atoms with Crippen LogP contribution in [0.2, 0.25) is 0 Å². The summed E-state index contributed by atoms with van der Waals surface area (Å²) in [6, 6.07) is 6.66. The molecule has 4 heteroatoms. The van der Waals surface area contributed by atoms with Crippen LogP contribution in [0.1, 0.15) is 37.7 Å². The molecule has 1 aliphatic carbocycles. The zero-order valence-electron chi connectivity index (χ0n) is 11.0. The minimum absolute atomic E-state index is 0.108. The highest BCUT2D eigenvalue weighted by Gasteiger charge is 2.30. The van der Waals surface area contributed by atoms with Gasteiger partial charge in [-0.2, -0.15) is 0 Å². The summed E-state index contributed by atoms with van der Waals surface area (Å²) in [4.78, 5) is 1.30. The molecule has 2 fully saturated rings. The standard InChI is InChI=1S/C15H20BrNOS/c16-13-8-11(15(17)6-2-1-3-7-15)4-5-14(13)19-12-9-18-10-12/h4-5,8,12H,1-3,6-7,9-10,17H2. The van der Waals surface area contributed by atoms with Crippen LogP contribution in [0.5, 0.6) is 0 Å². The Morgan fingerprint density at radius 3 is 2.53 bits per heavy atom. The number of thioether (sulfide) groups is 1. The lowest BCUT2D eigenvalue weighted by molar-refractivity contribution is 0.0455. The molecule has 19 heavy (non-hydrogen) atoms. The average molecular weight is 342 g/mol. The first-order valence-electron chi connectivity index (χ1n) is 7.01. The third kappa shape index (κ3) is 3.02. The van der Waals surface area contributed by atoms with E-state index in [0.29, 0.717) is 5.25 Å². The van der Waals surface area contributed by atoms with Gasteiger partial charge in [0.1, 0.15) is 0 Å². The molecule has 1 saturated heterocycles. The summed E-state index contributed by atoms with van der Waals surface area (Å²) in [6.45, 7) is 1.75. The summed E-state index contributed by atoms with van der Waals surface area (Å²) in [5.74, 6) is 0. The molecule has 2 aliphatic rings. The highest BCUT2D eigenvalue weighted by molar-refractivity contribution is 9.10. The molecule has 1 aromatic rings. The van der Waals surface area contributed by atoms with E-state index < -0.39 is 0 Å². The molecule has 1 saturated carbocycles. The fourth-order valence-corrected chi connectivity index (χ4v) is 4.50. The maximum Gasteiger partial charge on any atom is 0.0611 e. The molecule has 0 atom stereocenters. The Morgan fingerprint density at radius 2 is 1.95 bits per heavy atom. The van der Waals surface area contributed by atoms with Gasteiger partial charge in [0.2, 0.25) is 0 Å². The summed E-state index contributed by atoms with van der Waals surface area (Å²) in [6.07, 6.45) is 6.06. The highest BCUT2D eigenvalue weighted by atomic mass is 79.9. The predicted molar refractivity (Wildman–Crippen MR) is 83.6 cm³/mol. The second-order valence-corrected chi connectivity index (χ2v) is 7.84. The minimum atomic E-state index is -0.108. The Kier molecular flexibility index (Phi) is 4.22. The second kappa shape index (κ2) is 5.76. The van der Waals surface area contributed by atoms with E-state index in [9.17, 15) is 0 Å². The summed E-state index contributed by atoms with van der Waals surface area (Å²) < 4.78 is 6.40. The number of benzene rings is 1. The molecule has 0 bridgehead atoms. The molecule has 2 nitrogen and oxygen atoms in total. The van der Waals surface area contributed by atoms with E-state index in [1.54, 1.807) is 0 Å².